The summed E-state index contributed by atoms with van der Waals surface area (Å²) in [5, 5.41) is 6.13. The lowest BCUT2D eigenvalue weighted by Gasteiger charge is -2.00. The first kappa shape index (κ1) is 10.2. The Morgan fingerprint density at radius 2 is 2.20 bits per heavy atom. The van der Waals surface area contributed by atoms with Crippen molar-refractivity contribution < 1.29 is 13.2 Å². The SMILES string of the molecule is Cc1cc(C(F)(F)F)nn1-c1c[c]sn1. The summed E-state index contributed by atoms with van der Waals surface area (Å²) in [6.45, 7) is 1.54. The van der Waals surface area contributed by atoms with Crippen LogP contribution >= 0.6 is 11.5 Å². The van der Waals surface area contributed by atoms with E-state index in [9.17, 15) is 13.2 Å². The van der Waals surface area contributed by atoms with Crippen molar-refractivity contribution in [3.8, 4) is 5.82 Å². The highest BCUT2D eigenvalue weighted by molar-refractivity contribution is 7.03. The molecule has 2 aromatic heterocycles. The molecule has 0 saturated heterocycles. The van der Waals surface area contributed by atoms with Gasteiger partial charge in [0.1, 0.15) is 0 Å². The maximum Gasteiger partial charge on any atom is 0.435 e. The lowest BCUT2D eigenvalue weighted by molar-refractivity contribution is -0.141. The van der Waals surface area contributed by atoms with Crippen LogP contribution in [-0.4, -0.2) is 14.2 Å². The second-order valence-electron chi connectivity index (χ2n) is 2.88. The van der Waals surface area contributed by atoms with Crippen LogP contribution < -0.4 is 0 Å². The first-order valence-electron chi connectivity index (χ1n) is 3.95. The van der Waals surface area contributed by atoms with Crippen molar-refractivity contribution in [3.63, 3.8) is 0 Å². The van der Waals surface area contributed by atoms with Crippen LogP contribution in [0.1, 0.15) is 11.4 Å². The molecule has 15 heavy (non-hydrogen) atoms. The molecule has 2 rings (SSSR count). The van der Waals surface area contributed by atoms with E-state index in [1.54, 1.807) is 6.92 Å². The quantitative estimate of drug-likeness (QED) is 0.756. The molecule has 0 spiro atoms. The number of aryl methyl sites for hydroxylation is 1. The first-order valence-corrected chi connectivity index (χ1v) is 4.73. The number of alkyl halides is 3. The van der Waals surface area contributed by atoms with E-state index in [0.717, 1.165) is 22.3 Å². The highest BCUT2D eigenvalue weighted by Crippen LogP contribution is 2.29. The van der Waals surface area contributed by atoms with Crippen molar-refractivity contribution >= 4 is 11.5 Å². The predicted octanol–water partition coefficient (Wildman–Crippen LogP) is 2.46. The van der Waals surface area contributed by atoms with Crippen LogP contribution in [0.5, 0.6) is 0 Å². The molecule has 0 aliphatic carbocycles. The fourth-order valence-corrected chi connectivity index (χ4v) is 1.56. The van der Waals surface area contributed by atoms with Crippen molar-refractivity contribution in [1.29, 1.82) is 0 Å². The van der Waals surface area contributed by atoms with Gasteiger partial charge in [0.05, 0.1) is 5.38 Å². The molecule has 0 atom stereocenters. The molecule has 7 heteroatoms. The molecule has 3 nitrogen and oxygen atoms in total. The van der Waals surface area contributed by atoms with Crippen LogP contribution in [0.4, 0.5) is 13.2 Å². The van der Waals surface area contributed by atoms with E-state index < -0.39 is 11.9 Å². The van der Waals surface area contributed by atoms with E-state index in [4.69, 9.17) is 0 Å². The Hall–Kier alpha value is -1.37. The largest absolute Gasteiger partial charge is 0.435 e. The first-order chi connectivity index (χ1) is 6.98. The summed E-state index contributed by atoms with van der Waals surface area (Å²) in [5.74, 6) is 0.355. The molecule has 0 N–H and O–H groups in total. The van der Waals surface area contributed by atoms with Crippen LogP contribution in [0, 0.1) is 12.3 Å². The normalized spacial score (nSPS) is 12.0. The maximum absolute atomic E-state index is 12.3. The summed E-state index contributed by atoms with van der Waals surface area (Å²) in [6, 6.07) is 2.48. The van der Waals surface area contributed by atoms with Gasteiger partial charge in [-0.2, -0.15) is 22.6 Å². The van der Waals surface area contributed by atoms with Gasteiger partial charge in [0.25, 0.3) is 0 Å². The van der Waals surface area contributed by atoms with Crippen LogP contribution in [0.15, 0.2) is 12.1 Å². The molecule has 0 saturated carbocycles. The molecule has 0 fully saturated rings. The van der Waals surface area contributed by atoms with Crippen molar-refractivity contribution in [3.05, 3.63) is 28.9 Å². The lowest BCUT2D eigenvalue weighted by atomic mass is 10.4. The molecule has 0 aromatic carbocycles. The van der Waals surface area contributed by atoms with E-state index in [2.05, 4.69) is 14.9 Å². The summed E-state index contributed by atoms with van der Waals surface area (Å²) in [4.78, 5) is 0. The molecule has 0 unspecified atom stereocenters. The maximum atomic E-state index is 12.3. The van der Waals surface area contributed by atoms with Gasteiger partial charge >= 0.3 is 6.18 Å². The number of nitrogens with zero attached hydrogens (tertiary/aromatic N) is 3. The third-order valence-electron chi connectivity index (χ3n) is 1.77. The van der Waals surface area contributed by atoms with Gasteiger partial charge in [0.15, 0.2) is 11.5 Å². The van der Waals surface area contributed by atoms with Gasteiger partial charge < -0.3 is 0 Å². The Morgan fingerprint density at radius 3 is 2.67 bits per heavy atom. The smallest absolute Gasteiger partial charge is 0.218 e. The van der Waals surface area contributed by atoms with Crippen molar-refractivity contribution in [2.45, 2.75) is 13.1 Å². The zero-order valence-electron chi connectivity index (χ0n) is 7.54. The second-order valence-corrected chi connectivity index (χ2v) is 3.48. The molecule has 2 heterocycles. The highest BCUT2D eigenvalue weighted by atomic mass is 32.1. The monoisotopic (exact) mass is 232 g/mol. The Morgan fingerprint density at radius 1 is 1.47 bits per heavy atom. The molecule has 79 valence electrons. The molecule has 2 aromatic rings. The second kappa shape index (κ2) is 3.34. The highest BCUT2D eigenvalue weighted by Gasteiger charge is 2.34. The summed E-state index contributed by atoms with van der Waals surface area (Å²) >= 11 is 1.04. The van der Waals surface area contributed by atoms with Gasteiger partial charge in [-0.05, 0) is 24.5 Å². The Kier molecular flexibility index (Phi) is 2.26. The molecule has 0 bridgehead atoms. The molecule has 0 aliphatic rings. The fraction of sp³-hybridized carbons (Fsp3) is 0.250. The third-order valence-corrected chi connectivity index (χ3v) is 2.28. The van der Waals surface area contributed by atoms with Crippen LogP contribution in [0.2, 0.25) is 0 Å². The zero-order valence-corrected chi connectivity index (χ0v) is 8.35. The topological polar surface area (TPSA) is 30.7 Å². The number of halogens is 3. The minimum absolute atomic E-state index is 0.355. The minimum atomic E-state index is -4.42. The van der Waals surface area contributed by atoms with E-state index in [-0.39, 0.29) is 0 Å². The molecular weight excluding hydrogens is 227 g/mol. The predicted molar refractivity (Wildman–Crippen MR) is 47.8 cm³/mol. The van der Waals surface area contributed by atoms with Gasteiger partial charge in [-0.25, -0.2) is 4.68 Å². The van der Waals surface area contributed by atoms with E-state index >= 15 is 0 Å². The minimum Gasteiger partial charge on any atom is -0.218 e. The van der Waals surface area contributed by atoms with Gasteiger partial charge in [0.2, 0.25) is 0 Å². The van der Waals surface area contributed by atoms with Crippen molar-refractivity contribution in [1.82, 2.24) is 14.2 Å². The Balaban J connectivity index is 2.47. The third kappa shape index (κ3) is 1.87. The van der Waals surface area contributed by atoms with Gasteiger partial charge in [-0.15, -0.1) is 0 Å². The average molecular weight is 232 g/mol. The Labute approximate surface area is 87.3 Å². The molecule has 1 radical (unpaired) electrons. The van der Waals surface area contributed by atoms with Crippen LogP contribution in [-0.2, 0) is 6.18 Å². The summed E-state index contributed by atoms with van der Waals surface area (Å²) < 4.78 is 42.0. The molecular formula is C8H5F3N3S. The molecule has 0 amide bonds. The van der Waals surface area contributed by atoms with Gasteiger partial charge in [-0.1, -0.05) is 0 Å². The van der Waals surface area contributed by atoms with Crippen LogP contribution in [0.25, 0.3) is 5.82 Å². The molecule has 0 aliphatic heterocycles. The van der Waals surface area contributed by atoms with Gasteiger partial charge in [0, 0.05) is 11.8 Å². The van der Waals surface area contributed by atoms with Gasteiger partial charge in [-0.3, -0.25) is 0 Å². The number of hydrogen-bond acceptors (Lipinski definition) is 3. The number of rotatable bonds is 1. The van der Waals surface area contributed by atoms with E-state index in [1.807, 2.05) is 0 Å². The number of aromatic nitrogens is 3. The Bertz CT molecular complexity index is 458. The van der Waals surface area contributed by atoms with E-state index in [1.165, 1.54) is 6.07 Å². The van der Waals surface area contributed by atoms with Crippen LogP contribution in [0.3, 0.4) is 0 Å². The summed E-state index contributed by atoms with van der Waals surface area (Å²) in [6.07, 6.45) is -4.42. The average Bonchev–Trinajstić information content (AvgIpc) is 2.69. The van der Waals surface area contributed by atoms with Crippen molar-refractivity contribution in [2.75, 3.05) is 0 Å². The van der Waals surface area contributed by atoms with E-state index in [0.29, 0.717) is 11.5 Å². The fourth-order valence-electron chi connectivity index (χ4n) is 1.12. The zero-order chi connectivity index (χ0) is 11.1. The summed E-state index contributed by atoms with van der Waals surface area (Å²) in [7, 11) is 0. The lowest BCUT2D eigenvalue weighted by Crippen LogP contribution is -2.07. The summed E-state index contributed by atoms with van der Waals surface area (Å²) in [5.41, 5.74) is -0.519. The van der Waals surface area contributed by atoms with Crippen molar-refractivity contribution in [2.24, 2.45) is 0 Å². The number of hydrogen-bond donors (Lipinski definition) is 0. The standard InChI is InChI=1S/C8H5F3N3S/c1-5-4-6(8(9,10)11)12-14(5)7-2-3-15-13-7/h2,4H,1H3.